The smallest absolute Gasteiger partial charge is 0.335 e. The summed E-state index contributed by atoms with van der Waals surface area (Å²) in [4.78, 5) is 37.3. The molecule has 33 heavy (non-hydrogen) atoms. The van der Waals surface area contributed by atoms with Crippen molar-refractivity contribution in [2.45, 2.75) is 23.5 Å². The number of hydrogen-bond donors (Lipinski definition) is 3. The van der Waals surface area contributed by atoms with Gasteiger partial charge in [-0.1, -0.05) is 25.1 Å². The van der Waals surface area contributed by atoms with E-state index in [0.29, 0.717) is 29.1 Å². The van der Waals surface area contributed by atoms with E-state index in [1.54, 1.807) is 49.6 Å². The van der Waals surface area contributed by atoms with Crippen molar-refractivity contribution < 1.29 is 24.2 Å². The minimum Gasteiger partial charge on any atom is -0.497 e. The van der Waals surface area contributed by atoms with Gasteiger partial charge < -0.3 is 20.5 Å². The van der Waals surface area contributed by atoms with Gasteiger partial charge in [0.05, 0.1) is 17.9 Å². The summed E-state index contributed by atoms with van der Waals surface area (Å²) < 4.78 is 5.16. The van der Waals surface area contributed by atoms with Crippen LogP contribution in [0.4, 0.5) is 11.4 Å². The van der Waals surface area contributed by atoms with E-state index in [-0.39, 0.29) is 17.4 Å². The SMILES string of the molecule is CCC(Sc1cccc(NC(=O)c2cccc(OC)c2)c1)C(=O)Nc1cccc(C(=O)O)c1. The Labute approximate surface area is 196 Å². The number of thioether (sulfide) groups is 1. The van der Waals surface area contributed by atoms with Gasteiger partial charge in [0.15, 0.2) is 0 Å². The molecule has 0 fully saturated rings. The third-order valence-corrected chi connectivity index (χ3v) is 6.10. The monoisotopic (exact) mass is 464 g/mol. The van der Waals surface area contributed by atoms with Gasteiger partial charge in [-0.05, 0) is 61.0 Å². The molecular formula is C25H24N2O5S. The second-order valence-electron chi connectivity index (χ2n) is 7.10. The molecule has 0 spiro atoms. The van der Waals surface area contributed by atoms with Crippen molar-refractivity contribution in [2.75, 3.05) is 17.7 Å². The molecule has 2 amide bonds. The summed E-state index contributed by atoms with van der Waals surface area (Å²) >= 11 is 1.37. The van der Waals surface area contributed by atoms with Crippen molar-refractivity contribution in [3.8, 4) is 5.75 Å². The van der Waals surface area contributed by atoms with Crippen LogP contribution in [-0.4, -0.2) is 35.2 Å². The lowest BCUT2D eigenvalue weighted by Gasteiger charge is -2.16. The average molecular weight is 465 g/mol. The number of benzene rings is 3. The number of carboxylic acids is 1. The standard InChI is InChI=1S/C25H24N2O5S/c1-3-22(24(29)27-18-9-4-8-17(13-18)25(30)31)33-21-12-6-10-19(15-21)26-23(28)16-7-5-11-20(14-16)32-2/h4-15,22H,3H2,1-2H3,(H,26,28)(H,27,29)(H,30,31). The predicted molar refractivity (Wildman–Crippen MR) is 129 cm³/mol. The number of carboxylic acid groups (broad SMARTS) is 1. The first-order valence-electron chi connectivity index (χ1n) is 10.3. The number of hydrogen-bond acceptors (Lipinski definition) is 5. The Balaban J connectivity index is 1.67. The van der Waals surface area contributed by atoms with Gasteiger partial charge >= 0.3 is 5.97 Å². The predicted octanol–water partition coefficient (Wildman–Crippen LogP) is 5.16. The minimum absolute atomic E-state index is 0.105. The van der Waals surface area contributed by atoms with E-state index < -0.39 is 11.2 Å². The molecule has 0 bridgehead atoms. The van der Waals surface area contributed by atoms with Crippen LogP contribution >= 0.6 is 11.8 Å². The third-order valence-electron chi connectivity index (χ3n) is 4.74. The number of rotatable bonds is 9. The van der Waals surface area contributed by atoms with Crippen LogP contribution in [0.1, 0.15) is 34.1 Å². The number of anilines is 2. The van der Waals surface area contributed by atoms with Crippen molar-refractivity contribution in [3.63, 3.8) is 0 Å². The van der Waals surface area contributed by atoms with Crippen LogP contribution in [0.3, 0.4) is 0 Å². The van der Waals surface area contributed by atoms with Gasteiger partial charge in [0.1, 0.15) is 5.75 Å². The molecule has 0 saturated carbocycles. The molecule has 7 nitrogen and oxygen atoms in total. The number of amides is 2. The van der Waals surface area contributed by atoms with Gasteiger partial charge in [0, 0.05) is 21.8 Å². The largest absolute Gasteiger partial charge is 0.497 e. The summed E-state index contributed by atoms with van der Waals surface area (Å²) in [7, 11) is 1.54. The van der Waals surface area contributed by atoms with Crippen molar-refractivity contribution in [2.24, 2.45) is 0 Å². The highest BCUT2D eigenvalue weighted by Gasteiger charge is 2.19. The van der Waals surface area contributed by atoms with Gasteiger partial charge in [-0.3, -0.25) is 9.59 Å². The van der Waals surface area contributed by atoms with Crippen LogP contribution < -0.4 is 15.4 Å². The molecule has 1 unspecified atom stereocenters. The molecule has 0 radical (unpaired) electrons. The molecular weight excluding hydrogens is 440 g/mol. The first kappa shape index (κ1) is 23.9. The van der Waals surface area contributed by atoms with Gasteiger partial charge in [0.25, 0.3) is 5.91 Å². The number of carbonyl (C=O) groups excluding carboxylic acids is 2. The van der Waals surface area contributed by atoms with Crippen LogP contribution in [0.2, 0.25) is 0 Å². The molecule has 0 aromatic heterocycles. The lowest BCUT2D eigenvalue weighted by atomic mass is 10.2. The quantitative estimate of drug-likeness (QED) is 0.378. The van der Waals surface area contributed by atoms with E-state index in [1.807, 2.05) is 25.1 Å². The Hall–Kier alpha value is -3.78. The van der Waals surface area contributed by atoms with Gasteiger partial charge in [-0.2, -0.15) is 0 Å². The fraction of sp³-hybridized carbons (Fsp3) is 0.160. The van der Waals surface area contributed by atoms with Gasteiger partial charge in [-0.25, -0.2) is 4.79 Å². The maximum atomic E-state index is 12.8. The lowest BCUT2D eigenvalue weighted by molar-refractivity contribution is -0.115. The van der Waals surface area contributed by atoms with Crippen molar-refractivity contribution >= 4 is 40.9 Å². The second-order valence-corrected chi connectivity index (χ2v) is 8.38. The number of nitrogens with one attached hydrogen (secondary N) is 2. The maximum Gasteiger partial charge on any atom is 0.335 e. The summed E-state index contributed by atoms with van der Waals surface area (Å²) in [6.07, 6.45) is 0.565. The summed E-state index contributed by atoms with van der Waals surface area (Å²) in [5, 5.41) is 14.4. The first-order chi connectivity index (χ1) is 15.9. The molecule has 0 heterocycles. The summed E-state index contributed by atoms with van der Waals surface area (Å²) in [5.41, 5.74) is 1.62. The zero-order chi connectivity index (χ0) is 23.8. The Morgan fingerprint density at radius 3 is 2.27 bits per heavy atom. The molecule has 8 heteroatoms. The highest BCUT2D eigenvalue weighted by atomic mass is 32.2. The van der Waals surface area contributed by atoms with Crippen LogP contribution in [-0.2, 0) is 4.79 Å². The number of ether oxygens (including phenoxy) is 1. The number of aromatic carboxylic acids is 1. The van der Waals surface area contributed by atoms with E-state index in [1.165, 1.54) is 23.9 Å². The highest BCUT2D eigenvalue weighted by Crippen LogP contribution is 2.29. The molecule has 3 aromatic carbocycles. The van der Waals surface area contributed by atoms with E-state index in [9.17, 15) is 14.4 Å². The van der Waals surface area contributed by atoms with Gasteiger partial charge in [0.2, 0.25) is 5.91 Å². The second kappa shape index (κ2) is 11.2. The molecule has 3 aromatic rings. The maximum absolute atomic E-state index is 12.8. The normalized spacial score (nSPS) is 11.3. The molecule has 1 atom stereocenters. The fourth-order valence-electron chi connectivity index (χ4n) is 3.05. The highest BCUT2D eigenvalue weighted by molar-refractivity contribution is 8.00. The lowest BCUT2D eigenvalue weighted by Crippen LogP contribution is -2.24. The van der Waals surface area contributed by atoms with Crippen molar-refractivity contribution in [3.05, 3.63) is 83.9 Å². The average Bonchev–Trinajstić information content (AvgIpc) is 2.82. The first-order valence-corrected chi connectivity index (χ1v) is 11.1. The van der Waals surface area contributed by atoms with Crippen LogP contribution in [0.5, 0.6) is 5.75 Å². The van der Waals surface area contributed by atoms with E-state index in [0.717, 1.165) is 4.90 Å². The molecule has 170 valence electrons. The molecule has 3 N–H and O–H groups in total. The molecule has 3 rings (SSSR count). The summed E-state index contributed by atoms with van der Waals surface area (Å²) in [6, 6.07) is 20.3. The Morgan fingerprint density at radius 2 is 1.58 bits per heavy atom. The van der Waals surface area contributed by atoms with Crippen molar-refractivity contribution in [1.82, 2.24) is 0 Å². The van der Waals surface area contributed by atoms with E-state index in [4.69, 9.17) is 9.84 Å². The van der Waals surface area contributed by atoms with E-state index >= 15 is 0 Å². The molecule has 0 saturated heterocycles. The van der Waals surface area contributed by atoms with E-state index in [2.05, 4.69) is 10.6 Å². The molecule has 0 aliphatic rings. The zero-order valence-corrected chi connectivity index (χ0v) is 19.0. The Kier molecular flexibility index (Phi) is 8.10. The third kappa shape index (κ3) is 6.60. The summed E-state index contributed by atoms with van der Waals surface area (Å²) in [5.74, 6) is -0.951. The number of methoxy groups -OCH3 is 1. The zero-order valence-electron chi connectivity index (χ0n) is 18.2. The van der Waals surface area contributed by atoms with Gasteiger partial charge in [-0.15, -0.1) is 11.8 Å². The molecule has 0 aliphatic heterocycles. The summed E-state index contributed by atoms with van der Waals surface area (Å²) in [6.45, 7) is 1.90. The van der Waals surface area contributed by atoms with Crippen molar-refractivity contribution in [1.29, 1.82) is 0 Å². The number of carbonyl (C=O) groups is 3. The van der Waals surface area contributed by atoms with Crippen LogP contribution in [0.25, 0.3) is 0 Å². The fourth-order valence-corrected chi connectivity index (χ4v) is 4.07. The van der Waals surface area contributed by atoms with Crippen LogP contribution in [0, 0.1) is 0 Å². The van der Waals surface area contributed by atoms with Crippen LogP contribution in [0.15, 0.2) is 77.7 Å². The Morgan fingerprint density at radius 1 is 0.909 bits per heavy atom. The topological polar surface area (TPSA) is 105 Å². The Bertz CT molecular complexity index is 1160. The molecule has 0 aliphatic carbocycles. The minimum atomic E-state index is -1.06.